The molecule has 1 aliphatic heterocycles. The molecule has 5 heteroatoms. The fourth-order valence-electron chi connectivity index (χ4n) is 1.81. The number of rotatable bonds is 3. The first-order valence-corrected chi connectivity index (χ1v) is 5.33. The molecule has 0 bridgehead atoms. The van der Waals surface area contributed by atoms with Gasteiger partial charge in [-0.15, -0.1) is 0 Å². The molecule has 1 amide bonds. The van der Waals surface area contributed by atoms with Gasteiger partial charge < -0.3 is 10.6 Å². The zero-order valence-electron chi connectivity index (χ0n) is 8.62. The Morgan fingerprint density at radius 2 is 2.60 bits per heavy atom. The molecule has 15 heavy (non-hydrogen) atoms. The molecular weight excluding hydrogens is 192 g/mol. The minimum atomic E-state index is 0.0629. The van der Waals surface area contributed by atoms with Crippen LogP contribution in [0.15, 0.2) is 12.3 Å². The predicted molar refractivity (Wildman–Crippen MR) is 56.3 cm³/mol. The highest BCUT2D eigenvalue weighted by atomic mass is 16.1. The standard InChI is InChI=1S/C10H16N4O/c15-10(6-8-3-5-12-14-8)13-9-2-1-4-11-7-9/h3,5,9,11H,1-2,4,6-7H2,(H,12,14)(H,13,15). The Balaban J connectivity index is 1.76. The van der Waals surface area contributed by atoms with Gasteiger partial charge in [0.2, 0.25) is 5.91 Å². The molecule has 0 aliphatic carbocycles. The average molecular weight is 208 g/mol. The van der Waals surface area contributed by atoms with Crippen molar-refractivity contribution in [2.75, 3.05) is 13.1 Å². The van der Waals surface area contributed by atoms with Gasteiger partial charge in [0.1, 0.15) is 0 Å². The van der Waals surface area contributed by atoms with Crippen LogP contribution in [0.25, 0.3) is 0 Å². The molecule has 0 radical (unpaired) electrons. The lowest BCUT2D eigenvalue weighted by molar-refractivity contribution is -0.121. The second-order valence-electron chi connectivity index (χ2n) is 3.87. The number of nitrogens with zero attached hydrogens (tertiary/aromatic N) is 1. The molecule has 1 aliphatic rings. The van der Waals surface area contributed by atoms with Crippen LogP contribution >= 0.6 is 0 Å². The van der Waals surface area contributed by atoms with Gasteiger partial charge in [-0.3, -0.25) is 9.89 Å². The number of amides is 1. The van der Waals surface area contributed by atoms with Gasteiger partial charge in [0.25, 0.3) is 0 Å². The smallest absolute Gasteiger partial charge is 0.226 e. The van der Waals surface area contributed by atoms with Crippen molar-refractivity contribution in [1.82, 2.24) is 20.8 Å². The Morgan fingerprint density at radius 3 is 3.27 bits per heavy atom. The maximum absolute atomic E-state index is 11.6. The van der Waals surface area contributed by atoms with E-state index in [9.17, 15) is 4.79 Å². The molecule has 3 N–H and O–H groups in total. The lowest BCUT2D eigenvalue weighted by Gasteiger charge is -2.23. The lowest BCUT2D eigenvalue weighted by atomic mass is 10.1. The molecular formula is C10H16N4O. The molecule has 0 aromatic carbocycles. The van der Waals surface area contributed by atoms with E-state index in [0.29, 0.717) is 6.42 Å². The Labute approximate surface area is 88.6 Å². The van der Waals surface area contributed by atoms with Gasteiger partial charge in [-0.1, -0.05) is 0 Å². The van der Waals surface area contributed by atoms with Crippen molar-refractivity contribution in [2.24, 2.45) is 0 Å². The van der Waals surface area contributed by atoms with Crippen LogP contribution in [0.2, 0.25) is 0 Å². The van der Waals surface area contributed by atoms with Crippen LogP contribution in [0.4, 0.5) is 0 Å². The summed E-state index contributed by atoms with van der Waals surface area (Å²) < 4.78 is 0. The highest BCUT2D eigenvalue weighted by Gasteiger charge is 2.15. The Morgan fingerprint density at radius 1 is 1.67 bits per heavy atom. The summed E-state index contributed by atoms with van der Waals surface area (Å²) in [6.07, 6.45) is 4.25. The van der Waals surface area contributed by atoms with Gasteiger partial charge in [0.15, 0.2) is 0 Å². The molecule has 1 atom stereocenters. The number of hydrogen-bond donors (Lipinski definition) is 3. The number of aromatic nitrogens is 2. The van der Waals surface area contributed by atoms with Crippen molar-refractivity contribution in [3.63, 3.8) is 0 Å². The average Bonchev–Trinajstić information content (AvgIpc) is 2.71. The lowest BCUT2D eigenvalue weighted by Crippen LogP contribution is -2.46. The highest BCUT2D eigenvalue weighted by molar-refractivity contribution is 5.78. The van der Waals surface area contributed by atoms with E-state index >= 15 is 0 Å². The van der Waals surface area contributed by atoms with Crippen molar-refractivity contribution in [1.29, 1.82) is 0 Å². The molecule has 2 heterocycles. The Bertz CT molecular complexity index is 303. The van der Waals surface area contributed by atoms with Gasteiger partial charge >= 0.3 is 0 Å². The largest absolute Gasteiger partial charge is 0.352 e. The first-order chi connectivity index (χ1) is 7.34. The highest BCUT2D eigenvalue weighted by Crippen LogP contribution is 2.02. The van der Waals surface area contributed by atoms with Crippen molar-refractivity contribution in [2.45, 2.75) is 25.3 Å². The number of carbonyl (C=O) groups excluding carboxylic acids is 1. The number of aromatic amines is 1. The maximum atomic E-state index is 11.6. The third-order valence-electron chi connectivity index (χ3n) is 2.57. The second-order valence-corrected chi connectivity index (χ2v) is 3.87. The Kier molecular flexibility index (Phi) is 3.34. The van der Waals surface area contributed by atoms with E-state index in [1.165, 1.54) is 0 Å². The quantitative estimate of drug-likeness (QED) is 0.645. The van der Waals surface area contributed by atoms with Gasteiger partial charge in [-0.25, -0.2) is 0 Å². The first kappa shape index (κ1) is 10.2. The van der Waals surface area contributed by atoms with Crippen molar-refractivity contribution < 1.29 is 4.79 Å². The summed E-state index contributed by atoms with van der Waals surface area (Å²) in [5, 5.41) is 12.9. The van der Waals surface area contributed by atoms with E-state index in [2.05, 4.69) is 20.8 Å². The zero-order valence-corrected chi connectivity index (χ0v) is 8.62. The first-order valence-electron chi connectivity index (χ1n) is 5.33. The number of hydrogen-bond acceptors (Lipinski definition) is 3. The van der Waals surface area contributed by atoms with Crippen molar-refractivity contribution in [3.05, 3.63) is 18.0 Å². The van der Waals surface area contributed by atoms with Gasteiger partial charge in [0.05, 0.1) is 6.42 Å². The number of H-pyrrole nitrogens is 1. The van der Waals surface area contributed by atoms with Crippen LogP contribution in [-0.2, 0) is 11.2 Å². The third-order valence-corrected chi connectivity index (χ3v) is 2.57. The number of carbonyl (C=O) groups is 1. The minimum absolute atomic E-state index is 0.0629. The molecule has 1 unspecified atom stereocenters. The Hall–Kier alpha value is -1.36. The van der Waals surface area contributed by atoms with E-state index in [-0.39, 0.29) is 11.9 Å². The summed E-state index contributed by atoms with van der Waals surface area (Å²) in [4.78, 5) is 11.6. The van der Waals surface area contributed by atoms with E-state index in [1.54, 1.807) is 6.20 Å². The van der Waals surface area contributed by atoms with Crippen LogP contribution in [0.3, 0.4) is 0 Å². The van der Waals surface area contributed by atoms with Crippen LogP contribution in [0.1, 0.15) is 18.5 Å². The van der Waals surface area contributed by atoms with E-state index in [1.807, 2.05) is 6.07 Å². The van der Waals surface area contributed by atoms with Crippen molar-refractivity contribution in [3.8, 4) is 0 Å². The maximum Gasteiger partial charge on any atom is 0.226 e. The van der Waals surface area contributed by atoms with E-state index in [4.69, 9.17) is 0 Å². The summed E-state index contributed by atoms with van der Waals surface area (Å²) in [6, 6.07) is 2.10. The van der Waals surface area contributed by atoms with Crippen LogP contribution in [0, 0.1) is 0 Å². The third kappa shape index (κ3) is 3.06. The fourth-order valence-corrected chi connectivity index (χ4v) is 1.81. The van der Waals surface area contributed by atoms with Crippen LogP contribution in [0.5, 0.6) is 0 Å². The molecule has 1 fully saturated rings. The zero-order chi connectivity index (χ0) is 10.5. The molecule has 82 valence electrons. The molecule has 1 aromatic heterocycles. The predicted octanol–water partition coefficient (Wildman–Crippen LogP) is -0.180. The minimum Gasteiger partial charge on any atom is -0.352 e. The molecule has 2 rings (SSSR count). The number of nitrogens with one attached hydrogen (secondary N) is 3. The van der Waals surface area contributed by atoms with E-state index < -0.39 is 0 Å². The summed E-state index contributed by atoms with van der Waals surface area (Å²) in [6.45, 7) is 1.95. The molecule has 0 spiro atoms. The van der Waals surface area contributed by atoms with Gasteiger partial charge in [0, 0.05) is 24.5 Å². The molecule has 1 aromatic rings. The van der Waals surface area contributed by atoms with Gasteiger partial charge in [-0.2, -0.15) is 5.10 Å². The molecule has 5 nitrogen and oxygen atoms in total. The molecule has 0 saturated carbocycles. The molecule has 1 saturated heterocycles. The van der Waals surface area contributed by atoms with Crippen LogP contribution < -0.4 is 10.6 Å². The summed E-state index contributed by atoms with van der Waals surface area (Å²) >= 11 is 0. The normalized spacial score (nSPS) is 21.2. The van der Waals surface area contributed by atoms with E-state index in [0.717, 1.165) is 31.6 Å². The fraction of sp³-hybridized carbons (Fsp3) is 0.600. The summed E-state index contributed by atoms with van der Waals surface area (Å²) in [5.41, 5.74) is 0.858. The monoisotopic (exact) mass is 208 g/mol. The summed E-state index contributed by atoms with van der Waals surface area (Å²) in [7, 11) is 0. The number of piperidine rings is 1. The second kappa shape index (κ2) is 4.93. The SMILES string of the molecule is O=C(Cc1ccn[nH]1)NC1CCCNC1. The van der Waals surface area contributed by atoms with Crippen molar-refractivity contribution >= 4 is 5.91 Å². The topological polar surface area (TPSA) is 69.8 Å². The van der Waals surface area contributed by atoms with Gasteiger partial charge in [-0.05, 0) is 25.5 Å². The van der Waals surface area contributed by atoms with Crippen LogP contribution in [-0.4, -0.2) is 35.2 Å². The summed E-state index contributed by atoms with van der Waals surface area (Å²) in [5.74, 6) is 0.0629.